The minimum Gasteiger partial charge on any atom is -0.390 e. The number of aliphatic hydroxyl groups is 1. The average Bonchev–Trinajstić information content (AvgIpc) is 3.28. The molecule has 2 aromatic carbocycles. The molecule has 5 aromatic rings. The van der Waals surface area contributed by atoms with E-state index in [1.807, 2.05) is 54.6 Å². The lowest BCUT2D eigenvalue weighted by atomic mass is 9.63. The van der Waals surface area contributed by atoms with Crippen molar-refractivity contribution in [3.63, 3.8) is 0 Å². The highest BCUT2D eigenvalue weighted by Crippen LogP contribution is 2.46. The zero-order chi connectivity index (χ0) is 24.4. The third-order valence-corrected chi connectivity index (χ3v) is 6.59. The zero-order valence-electron chi connectivity index (χ0n) is 18.9. The largest absolute Gasteiger partial charge is 0.390 e. The van der Waals surface area contributed by atoms with E-state index in [-0.39, 0.29) is 11.3 Å². The first-order chi connectivity index (χ1) is 16.7. The van der Waals surface area contributed by atoms with Gasteiger partial charge in [0.15, 0.2) is 11.3 Å². The number of alkyl halides is 2. The number of nitrogens with two attached hydrogens (primary N) is 1. The Balaban J connectivity index is 1.54. The maximum absolute atomic E-state index is 13.6. The molecule has 9 heteroatoms. The van der Waals surface area contributed by atoms with Crippen LogP contribution in [0.4, 0.5) is 8.78 Å². The maximum Gasteiger partial charge on any atom is 0.297 e. The van der Waals surface area contributed by atoms with Crippen molar-refractivity contribution < 1.29 is 13.9 Å². The van der Waals surface area contributed by atoms with Crippen LogP contribution >= 0.6 is 0 Å². The van der Waals surface area contributed by atoms with Crippen LogP contribution in [-0.4, -0.2) is 35.3 Å². The Morgan fingerprint density at radius 2 is 1.54 bits per heavy atom. The van der Waals surface area contributed by atoms with Gasteiger partial charge in [-0.25, -0.2) is 18.7 Å². The quantitative estimate of drug-likeness (QED) is 0.395. The standard InChI is InChI=1S/C26H22F2N6O/c1-25(35)13-26(29,14-25)17-9-7-16(8-10-17)20-21(15-5-3-2-4-6-15)31-23-18(30-20)11-12-19-32-33-24(22(27)28)34(19)23/h2-12,22,35H,13-14,29H2,1H3. The van der Waals surface area contributed by atoms with E-state index in [1.54, 1.807) is 19.1 Å². The fraction of sp³-hybridized carbons (Fsp3) is 0.231. The highest BCUT2D eigenvalue weighted by atomic mass is 19.3. The van der Waals surface area contributed by atoms with Crippen LogP contribution in [0.3, 0.4) is 0 Å². The van der Waals surface area contributed by atoms with Crippen molar-refractivity contribution in [2.24, 2.45) is 5.73 Å². The first kappa shape index (κ1) is 21.7. The van der Waals surface area contributed by atoms with E-state index >= 15 is 0 Å². The lowest BCUT2D eigenvalue weighted by Gasteiger charge is -2.49. The van der Waals surface area contributed by atoms with Crippen LogP contribution in [0.2, 0.25) is 0 Å². The van der Waals surface area contributed by atoms with Crippen molar-refractivity contribution in [1.82, 2.24) is 24.6 Å². The highest BCUT2D eigenvalue weighted by Gasteiger charge is 2.49. The summed E-state index contributed by atoms with van der Waals surface area (Å²) in [5.41, 5.74) is 9.91. The highest BCUT2D eigenvalue weighted by molar-refractivity contribution is 5.86. The van der Waals surface area contributed by atoms with E-state index in [0.717, 1.165) is 16.7 Å². The predicted octanol–water partition coefficient (Wildman–Crippen LogP) is 4.64. The van der Waals surface area contributed by atoms with Gasteiger partial charge >= 0.3 is 0 Å². The molecule has 1 aliphatic rings. The summed E-state index contributed by atoms with van der Waals surface area (Å²) in [5.74, 6) is -0.472. The smallest absolute Gasteiger partial charge is 0.297 e. The van der Waals surface area contributed by atoms with Gasteiger partial charge in [0.1, 0.15) is 5.52 Å². The van der Waals surface area contributed by atoms with Gasteiger partial charge in [-0.1, -0.05) is 54.6 Å². The molecule has 1 fully saturated rings. The van der Waals surface area contributed by atoms with Gasteiger partial charge in [-0.2, -0.15) is 0 Å². The molecule has 1 saturated carbocycles. The number of hydrogen-bond acceptors (Lipinski definition) is 6. The number of halogens is 2. The second-order valence-electron chi connectivity index (χ2n) is 9.47. The molecule has 0 aliphatic heterocycles. The van der Waals surface area contributed by atoms with E-state index in [4.69, 9.17) is 15.7 Å². The van der Waals surface area contributed by atoms with Crippen molar-refractivity contribution in [2.45, 2.75) is 37.3 Å². The summed E-state index contributed by atoms with van der Waals surface area (Å²) in [7, 11) is 0. The second kappa shape index (κ2) is 7.59. The second-order valence-corrected chi connectivity index (χ2v) is 9.47. The third-order valence-electron chi connectivity index (χ3n) is 6.59. The number of benzene rings is 2. The van der Waals surface area contributed by atoms with Gasteiger partial charge in [-0.05, 0) is 37.5 Å². The summed E-state index contributed by atoms with van der Waals surface area (Å²) in [6.45, 7) is 1.79. The fourth-order valence-corrected chi connectivity index (χ4v) is 5.11. The normalized spacial score (nSPS) is 22.1. The lowest BCUT2D eigenvalue weighted by Crippen LogP contribution is -2.58. The molecule has 6 rings (SSSR count). The number of aromatic nitrogens is 5. The summed E-state index contributed by atoms with van der Waals surface area (Å²) < 4.78 is 28.5. The first-order valence-electron chi connectivity index (χ1n) is 11.3. The molecule has 0 spiro atoms. The van der Waals surface area contributed by atoms with E-state index in [0.29, 0.717) is 29.7 Å². The van der Waals surface area contributed by atoms with Crippen LogP contribution in [0.1, 0.15) is 37.6 Å². The van der Waals surface area contributed by atoms with E-state index in [2.05, 4.69) is 10.2 Å². The predicted molar refractivity (Wildman–Crippen MR) is 128 cm³/mol. The van der Waals surface area contributed by atoms with Gasteiger partial charge in [-0.3, -0.25) is 4.40 Å². The Bertz CT molecular complexity index is 1560. The van der Waals surface area contributed by atoms with Crippen molar-refractivity contribution in [3.8, 4) is 22.5 Å². The lowest BCUT2D eigenvalue weighted by molar-refractivity contribution is -0.0738. The van der Waals surface area contributed by atoms with Gasteiger partial charge in [0, 0.05) is 16.7 Å². The molecule has 3 N–H and O–H groups in total. The first-order valence-corrected chi connectivity index (χ1v) is 11.3. The van der Waals surface area contributed by atoms with Crippen molar-refractivity contribution in [3.05, 3.63) is 78.1 Å². The fourth-order valence-electron chi connectivity index (χ4n) is 5.11. The van der Waals surface area contributed by atoms with Gasteiger partial charge < -0.3 is 10.8 Å². The van der Waals surface area contributed by atoms with Crippen LogP contribution in [0.15, 0.2) is 66.7 Å². The summed E-state index contributed by atoms with van der Waals surface area (Å²) in [5, 5.41) is 17.7. The van der Waals surface area contributed by atoms with E-state index < -0.39 is 23.4 Å². The monoisotopic (exact) mass is 472 g/mol. The zero-order valence-corrected chi connectivity index (χ0v) is 18.9. The molecule has 7 nitrogen and oxygen atoms in total. The molecule has 1 aliphatic carbocycles. The Kier molecular flexibility index (Phi) is 4.71. The molecule has 3 aromatic heterocycles. The molecule has 0 unspecified atom stereocenters. The van der Waals surface area contributed by atoms with E-state index in [1.165, 1.54) is 4.40 Å². The van der Waals surface area contributed by atoms with Crippen LogP contribution < -0.4 is 5.73 Å². The van der Waals surface area contributed by atoms with Crippen LogP contribution in [0.5, 0.6) is 0 Å². The molecular formula is C26H22F2N6O. The SMILES string of the molecule is CC1(O)CC(N)(c2ccc(-c3nc4ccc5nnc(C(F)F)n5c4nc3-c3ccccc3)cc2)C1. The summed E-state index contributed by atoms with van der Waals surface area (Å²) >= 11 is 0. The molecule has 0 bridgehead atoms. The minimum absolute atomic E-state index is 0.264. The minimum atomic E-state index is -2.80. The summed E-state index contributed by atoms with van der Waals surface area (Å²) in [4.78, 5) is 9.66. The maximum atomic E-state index is 13.6. The van der Waals surface area contributed by atoms with Gasteiger partial charge in [-0.15, -0.1) is 10.2 Å². The Labute approximate surface area is 199 Å². The number of rotatable bonds is 4. The number of hydrogen-bond donors (Lipinski definition) is 2. The van der Waals surface area contributed by atoms with Crippen molar-refractivity contribution in [1.29, 1.82) is 0 Å². The topological polar surface area (TPSA) is 102 Å². The number of fused-ring (bicyclic) bond motifs is 3. The average molecular weight is 472 g/mol. The third kappa shape index (κ3) is 3.55. The summed E-state index contributed by atoms with van der Waals surface area (Å²) in [6.07, 6.45) is -1.82. The molecular weight excluding hydrogens is 450 g/mol. The number of nitrogens with zero attached hydrogens (tertiary/aromatic N) is 5. The van der Waals surface area contributed by atoms with Crippen LogP contribution in [-0.2, 0) is 5.54 Å². The Morgan fingerprint density at radius 3 is 2.20 bits per heavy atom. The Morgan fingerprint density at radius 1 is 0.886 bits per heavy atom. The molecule has 35 heavy (non-hydrogen) atoms. The molecule has 0 radical (unpaired) electrons. The van der Waals surface area contributed by atoms with Gasteiger partial charge in [0.2, 0.25) is 5.82 Å². The summed E-state index contributed by atoms with van der Waals surface area (Å²) in [6, 6.07) is 20.5. The molecule has 0 saturated heterocycles. The molecule has 176 valence electrons. The van der Waals surface area contributed by atoms with Gasteiger partial charge in [0.05, 0.1) is 17.0 Å². The molecule has 0 atom stereocenters. The van der Waals surface area contributed by atoms with Crippen LogP contribution in [0, 0.1) is 0 Å². The molecule has 0 amide bonds. The van der Waals surface area contributed by atoms with Crippen molar-refractivity contribution >= 4 is 16.8 Å². The van der Waals surface area contributed by atoms with Crippen LogP contribution in [0.25, 0.3) is 39.3 Å². The number of pyridine rings is 1. The van der Waals surface area contributed by atoms with Crippen molar-refractivity contribution in [2.75, 3.05) is 0 Å². The molecule has 3 heterocycles. The van der Waals surface area contributed by atoms with Gasteiger partial charge in [0.25, 0.3) is 6.43 Å². The Hall–Kier alpha value is -3.82. The van der Waals surface area contributed by atoms with E-state index in [9.17, 15) is 13.9 Å².